The van der Waals surface area contributed by atoms with E-state index in [1.165, 1.54) is 4.90 Å². The van der Waals surface area contributed by atoms with Gasteiger partial charge in [0.05, 0.1) is 22.3 Å². The highest BCUT2D eigenvalue weighted by molar-refractivity contribution is 6.39. The SMILES string of the molecule is CN(C)C(=O)CNc1c(Cl)cc(N)cc1Cl. The molecule has 1 aromatic rings. The van der Waals surface area contributed by atoms with Gasteiger partial charge in [0.15, 0.2) is 0 Å². The second kappa shape index (κ2) is 5.27. The third kappa shape index (κ3) is 3.18. The van der Waals surface area contributed by atoms with Crippen molar-refractivity contribution < 1.29 is 4.79 Å². The number of hydrogen-bond donors (Lipinski definition) is 2. The zero-order valence-corrected chi connectivity index (χ0v) is 10.6. The van der Waals surface area contributed by atoms with Gasteiger partial charge in [-0.15, -0.1) is 0 Å². The number of nitrogens with zero attached hydrogens (tertiary/aromatic N) is 1. The predicted octanol–water partition coefficient (Wildman–Crippen LogP) is 2.08. The average Bonchev–Trinajstić information content (AvgIpc) is 2.15. The van der Waals surface area contributed by atoms with Gasteiger partial charge in [-0.25, -0.2) is 0 Å². The number of anilines is 2. The van der Waals surface area contributed by atoms with Crippen LogP contribution in [0.4, 0.5) is 11.4 Å². The molecule has 0 aliphatic heterocycles. The van der Waals surface area contributed by atoms with Crippen LogP contribution in [0.3, 0.4) is 0 Å². The summed E-state index contributed by atoms with van der Waals surface area (Å²) in [4.78, 5) is 12.8. The lowest BCUT2D eigenvalue weighted by molar-refractivity contribution is -0.126. The first-order valence-electron chi connectivity index (χ1n) is 4.60. The number of amides is 1. The topological polar surface area (TPSA) is 58.4 Å². The minimum absolute atomic E-state index is 0.0658. The molecule has 0 spiro atoms. The van der Waals surface area contributed by atoms with Crippen molar-refractivity contribution in [2.24, 2.45) is 0 Å². The van der Waals surface area contributed by atoms with Crippen LogP contribution in [0.25, 0.3) is 0 Å². The third-order valence-corrected chi connectivity index (χ3v) is 2.58. The molecule has 1 amide bonds. The maximum atomic E-state index is 11.4. The second-order valence-corrected chi connectivity index (χ2v) is 4.32. The number of nitrogen functional groups attached to an aromatic ring is 1. The number of likely N-dealkylation sites (N-methyl/N-ethyl adjacent to an activating group) is 1. The minimum atomic E-state index is -0.0658. The molecule has 88 valence electrons. The predicted molar refractivity (Wildman–Crippen MR) is 68.1 cm³/mol. The van der Waals surface area contributed by atoms with Gasteiger partial charge in [0, 0.05) is 19.8 Å². The maximum Gasteiger partial charge on any atom is 0.241 e. The molecule has 0 aliphatic rings. The first-order valence-corrected chi connectivity index (χ1v) is 5.36. The number of benzene rings is 1. The van der Waals surface area contributed by atoms with Crippen molar-refractivity contribution in [1.82, 2.24) is 4.90 Å². The summed E-state index contributed by atoms with van der Waals surface area (Å²) < 4.78 is 0. The molecule has 0 aromatic heterocycles. The van der Waals surface area contributed by atoms with Gasteiger partial charge < -0.3 is 16.0 Å². The van der Waals surface area contributed by atoms with Gasteiger partial charge in [-0.05, 0) is 12.1 Å². The molecule has 0 radical (unpaired) electrons. The van der Waals surface area contributed by atoms with Crippen LogP contribution in [0, 0.1) is 0 Å². The summed E-state index contributed by atoms with van der Waals surface area (Å²) in [6.07, 6.45) is 0. The van der Waals surface area contributed by atoms with Crippen molar-refractivity contribution >= 4 is 40.5 Å². The van der Waals surface area contributed by atoms with Crippen LogP contribution in [0.5, 0.6) is 0 Å². The fourth-order valence-corrected chi connectivity index (χ4v) is 1.72. The summed E-state index contributed by atoms with van der Waals surface area (Å²) in [5.74, 6) is -0.0658. The van der Waals surface area contributed by atoms with Crippen molar-refractivity contribution in [3.63, 3.8) is 0 Å². The van der Waals surface area contributed by atoms with Crippen molar-refractivity contribution in [1.29, 1.82) is 0 Å². The van der Waals surface area contributed by atoms with Crippen LogP contribution in [-0.2, 0) is 4.79 Å². The summed E-state index contributed by atoms with van der Waals surface area (Å²) in [6, 6.07) is 3.16. The molecule has 1 rings (SSSR count). The zero-order chi connectivity index (χ0) is 12.3. The Labute approximate surface area is 104 Å². The van der Waals surface area contributed by atoms with E-state index >= 15 is 0 Å². The molecule has 0 aliphatic carbocycles. The Hall–Kier alpha value is -1.13. The highest BCUT2D eigenvalue weighted by Crippen LogP contribution is 2.32. The van der Waals surface area contributed by atoms with E-state index in [-0.39, 0.29) is 12.5 Å². The first-order chi connectivity index (χ1) is 7.41. The molecular weight excluding hydrogens is 249 g/mol. The van der Waals surface area contributed by atoms with Crippen LogP contribution in [0.1, 0.15) is 0 Å². The minimum Gasteiger partial charge on any atom is -0.399 e. The molecule has 4 nitrogen and oxygen atoms in total. The standard InChI is InChI=1S/C10H13Cl2N3O/c1-15(2)9(16)5-14-10-7(11)3-6(13)4-8(10)12/h3-4,14H,5,13H2,1-2H3. The number of nitrogens with two attached hydrogens (primary N) is 1. The molecule has 0 saturated heterocycles. The molecule has 16 heavy (non-hydrogen) atoms. The number of halogens is 2. The van der Waals surface area contributed by atoms with Crippen LogP contribution in [-0.4, -0.2) is 31.4 Å². The van der Waals surface area contributed by atoms with Crippen LogP contribution >= 0.6 is 23.2 Å². The fourth-order valence-electron chi connectivity index (χ4n) is 1.08. The van der Waals surface area contributed by atoms with E-state index in [0.717, 1.165) is 0 Å². The Bertz CT molecular complexity index is 384. The van der Waals surface area contributed by atoms with E-state index in [9.17, 15) is 4.79 Å². The Morgan fingerprint density at radius 2 is 1.88 bits per heavy atom. The molecular formula is C10H13Cl2N3O. The van der Waals surface area contributed by atoms with Gasteiger partial charge >= 0.3 is 0 Å². The van der Waals surface area contributed by atoms with Gasteiger partial charge in [-0.1, -0.05) is 23.2 Å². The molecule has 0 heterocycles. The van der Waals surface area contributed by atoms with E-state index in [1.54, 1.807) is 26.2 Å². The second-order valence-electron chi connectivity index (χ2n) is 3.50. The summed E-state index contributed by atoms with van der Waals surface area (Å²) in [6.45, 7) is 0.135. The van der Waals surface area contributed by atoms with Crippen molar-refractivity contribution in [3.05, 3.63) is 22.2 Å². The van der Waals surface area contributed by atoms with E-state index < -0.39 is 0 Å². The van der Waals surface area contributed by atoms with Crippen molar-refractivity contribution in [2.45, 2.75) is 0 Å². The number of carbonyl (C=O) groups excluding carboxylic acids is 1. The Morgan fingerprint density at radius 3 is 2.31 bits per heavy atom. The normalized spacial score (nSPS) is 10.0. The van der Waals surface area contributed by atoms with Gasteiger partial charge in [0.25, 0.3) is 0 Å². The zero-order valence-electron chi connectivity index (χ0n) is 9.05. The quantitative estimate of drug-likeness (QED) is 0.820. The Kier molecular flexibility index (Phi) is 4.26. The van der Waals surface area contributed by atoms with Crippen LogP contribution in [0.2, 0.25) is 10.0 Å². The van der Waals surface area contributed by atoms with E-state index in [4.69, 9.17) is 28.9 Å². The van der Waals surface area contributed by atoms with Gasteiger partial charge in [0.1, 0.15) is 0 Å². The summed E-state index contributed by atoms with van der Waals surface area (Å²) in [7, 11) is 3.35. The number of carbonyl (C=O) groups is 1. The highest BCUT2D eigenvalue weighted by atomic mass is 35.5. The third-order valence-electron chi connectivity index (χ3n) is 1.98. The summed E-state index contributed by atoms with van der Waals surface area (Å²) in [5, 5.41) is 3.68. The largest absolute Gasteiger partial charge is 0.399 e. The van der Waals surface area contributed by atoms with Gasteiger partial charge in [-0.2, -0.15) is 0 Å². The monoisotopic (exact) mass is 261 g/mol. The molecule has 3 N–H and O–H groups in total. The molecule has 1 aromatic carbocycles. The molecule has 0 saturated carbocycles. The molecule has 0 bridgehead atoms. The number of rotatable bonds is 3. The summed E-state index contributed by atoms with van der Waals surface area (Å²) in [5.41, 5.74) is 6.57. The lowest BCUT2D eigenvalue weighted by Crippen LogP contribution is -2.28. The fraction of sp³-hybridized carbons (Fsp3) is 0.300. The van der Waals surface area contributed by atoms with Crippen molar-refractivity contribution in [2.75, 3.05) is 31.7 Å². The Balaban J connectivity index is 2.78. The molecule has 0 atom stereocenters. The van der Waals surface area contributed by atoms with Gasteiger partial charge in [-0.3, -0.25) is 4.79 Å². The van der Waals surface area contributed by atoms with Gasteiger partial charge in [0.2, 0.25) is 5.91 Å². The van der Waals surface area contributed by atoms with E-state index in [2.05, 4.69) is 5.32 Å². The number of nitrogens with one attached hydrogen (secondary N) is 1. The lowest BCUT2D eigenvalue weighted by atomic mass is 10.3. The molecule has 6 heteroatoms. The lowest BCUT2D eigenvalue weighted by Gasteiger charge is -2.14. The average molecular weight is 262 g/mol. The Morgan fingerprint density at radius 1 is 1.38 bits per heavy atom. The van der Waals surface area contributed by atoms with Crippen LogP contribution < -0.4 is 11.1 Å². The maximum absolute atomic E-state index is 11.4. The highest BCUT2D eigenvalue weighted by Gasteiger charge is 2.09. The van der Waals surface area contributed by atoms with Crippen LogP contribution in [0.15, 0.2) is 12.1 Å². The number of hydrogen-bond acceptors (Lipinski definition) is 3. The first kappa shape index (κ1) is 12.9. The summed E-state index contributed by atoms with van der Waals surface area (Å²) >= 11 is 11.9. The van der Waals surface area contributed by atoms with Crippen molar-refractivity contribution in [3.8, 4) is 0 Å². The molecule has 0 fully saturated rings. The van der Waals surface area contributed by atoms with E-state index in [1.807, 2.05) is 0 Å². The smallest absolute Gasteiger partial charge is 0.241 e. The molecule has 0 unspecified atom stereocenters. The van der Waals surface area contributed by atoms with E-state index in [0.29, 0.717) is 21.4 Å².